The summed E-state index contributed by atoms with van der Waals surface area (Å²) < 4.78 is 1.90. The van der Waals surface area contributed by atoms with Gasteiger partial charge in [-0.2, -0.15) is 5.10 Å². The number of nitrogens with one attached hydrogen (secondary N) is 1. The fourth-order valence-corrected chi connectivity index (χ4v) is 1.87. The molecule has 0 aliphatic carbocycles. The molecule has 0 unspecified atom stereocenters. The Labute approximate surface area is 102 Å². The lowest BCUT2D eigenvalue weighted by molar-refractivity contribution is 0.663. The van der Waals surface area contributed by atoms with E-state index in [1.54, 1.807) is 6.33 Å². The average molecular weight is 230 g/mol. The van der Waals surface area contributed by atoms with E-state index in [-0.39, 0.29) is 0 Å². The normalized spacial score (nSPS) is 10.8. The van der Waals surface area contributed by atoms with Gasteiger partial charge in [0, 0.05) is 0 Å². The van der Waals surface area contributed by atoms with Crippen LogP contribution in [0.1, 0.15) is 23.9 Å². The summed E-state index contributed by atoms with van der Waals surface area (Å²) in [4.78, 5) is 4.28. The van der Waals surface area contributed by atoms with Gasteiger partial charge in [0.15, 0.2) is 0 Å². The minimum atomic E-state index is 0.740. The molecule has 1 heterocycles. The van der Waals surface area contributed by atoms with Crippen LogP contribution in [0, 0.1) is 13.8 Å². The van der Waals surface area contributed by atoms with Crippen molar-refractivity contribution in [2.75, 3.05) is 6.54 Å². The molecule has 0 aliphatic rings. The maximum Gasteiger partial charge on any atom is 0.146 e. The molecule has 0 aliphatic heterocycles. The lowest BCUT2D eigenvalue weighted by Crippen LogP contribution is -2.16. The topological polar surface area (TPSA) is 42.7 Å². The summed E-state index contributed by atoms with van der Waals surface area (Å²) >= 11 is 0. The average Bonchev–Trinajstić information content (AvgIpc) is 2.74. The van der Waals surface area contributed by atoms with E-state index < -0.39 is 0 Å². The fraction of sp³-hybridized carbons (Fsp3) is 0.385. The molecule has 4 nitrogen and oxygen atoms in total. The smallest absolute Gasteiger partial charge is 0.146 e. The van der Waals surface area contributed by atoms with Crippen LogP contribution in [-0.4, -0.2) is 21.3 Å². The van der Waals surface area contributed by atoms with Gasteiger partial charge in [-0.05, 0) is 32.0 Å². The molecule has 2 rings (SSSR count). The van der Waals surface area contributed by atoms with E-state index in [9.17, 15) is 0 Å². The van der Waals surface area contributed by atoms with Crippen molar-refractivity contribution >= 4 is 0 Å². The first-order valence-corrected chi connectivity index (χ1v) is 5.89. The van der Waals surface area contributed by atoms with Crippen LogP contribution in [0.4, 0.5) is 0 Å². The fourth-order valence-electron chi connectivity index (χ4n) is 1.87. The lowest BCUT2D eigenvalue weighted by atomic mass is 10.1. The SMILES string of the molecule is CCNCc1ncnn1-c1ccc(C)cc1C. The highest BCUT2D eigenvalue weighted by molar-refractivity contribution is 5.42. The van der Waals surface area contributed by atoms with Gasteiger partial charge in [0.25, 0.3) is 0 Å². The first kappa shape index (κ1) is 11.8. The molecule has 0 radical (unpaired) electrons. The summed E-state index contributed by atoms with van der Waals surface area (Å²) in [6, 6.07) is 6.35. The van der Waals surface area contributed by atoms with Gasteiger partial charge in [0.1, 0.15) is 12.2 Å². The van der Waals surface area contributed by atoms with Crippen molar-refractivity contribution in [2.24, 2.45) is 0 Å². The van der Waals surface area contributed by atoms with Gasteiger partial charge >= 0.3 is 0 Å². The van der Waals surface area contributed by atoms with Crippen molar-refractivity contribution in [3.63, 3.8) is 0 Å². The minimum Gasteiger partial charge on any atom is -0.310 e. The van der Waals surface area contributed by atoms with Crippen LogP contribution in [0.3, 0.4) is 0 Å². The predicted octanol–water partition coefficient (Wildman–Crippen LogP) is 1.99. The molecule has 1 aromatic carbocycles. The Hall–Kier alpha value is -1.68. The highest BCUT2D eigenvalue weighted by atomic mass is 15.3. The second-order valence-electron chi connectivity index (χ2n) is 4.16. The third-order valence-corrected chi connectivity index (χ3v) is 2.73. The quantitative estimate of drug-likeness (QED) is 0.873. The highest BCUT2D eigenvalue weighted by Crippen LogP contribution is 2.15. The summed E-state index contributed by atoms with van der Waals surface area (Å²) in [5.74, 6) is 0.943. The number of hydrogen-bond acceptors (Lipinski definition) is 3. The van der Waals surface area contributed by atoms with Gasteiger partial charge in [0.2, 0.25) is 0 Å². The molecule has 1 N–H and O–H groups in total. The van der Waals surface area contributed by atoms with Crippen molar-refractivity contribution in [3.8, 4) is 5.69 Å². The van der Waals surface area contributed by atoms with Gasteiger partial charge in [-0.3, -0.25) is 0 Å². The molecule has 0 spiro atoms. The van der Waals surface area contributed by atoms with E-state index in [0.29, 0.717) is 0 Å². The van der Waals surface area contributed by atoms with Crippen LogP contribution in [0.5, 0.6) is 0 Å². The maximum absolute atomic E-state index is 4.30. The minimum absolute atomic E-state index is 0.740. The first-order valence-electron chi connectivity index (χ1n) is 5.89. The maximum atomic E-state index is 4.30. The van der Waals surface area contributed by atoms with Gasteiger partial charge in [-0.15, -0.1) is 0 Å². The predicted molar refractivity (Wildman–Crippen MR) is 68.2 cm³/mol. The van der Waals surface area contributed by atoms with Crippen LogP contribution in [0.25, 0.3) is 5.69 Å². The van der Waals surface area contributed by atoms with Gasteiger partial charge in [-0.25, -0.2) is 9.67 Å². The Bertz CT molecular complexity index is 502. The van der Waals surface area contributed by atoms with E-state index in [4.69, 9.17) is 0 Å². The molecule has 1 aromatic heterocycles. The molecule has 0 fully saturated rings. The number of nitrogens with zero attached hydrogens (tertiary/aromatic N) is 3. The summed E-state index contributed by atoms with van der Waals surface area (Å²) in [6.07, 6.45) is 1.60. The van der Waals surface area contributed by atoms with E-state index >= 15 is 0 Å². The van der Waals surface area contributed by atoms with Gasteiger partial charge < -0.3 is 5.32 Å². The van der Waals surface area contributed by atoms with E-state index in [1.165, 1.54) is 11.1 Å². The van der Waals surface area contributed by atoms with Gasteiger partial charge in [0.05, 0.1) is 12.2 Å². The lowest BCUT2D eigenvalue weighted by Gasteiger charge is -2.09. The van der Waals surface area contributed by atoms with Crippen LogP contribution >= 0.6 is 0 Å². The monoisotopic (exact) mass is 230 g/mol. The van der Waals surface area contributed by atoms with Crippen molar-refractivity contribution < 1.29 is 0 Å². The molecule has 0 saturated heterocycles. The summed E-state index contributed by atoms with van der Waals surface area (Å²) in [5.41, 5.74) is 3.58. The van der Waals surface area contributed by atoms with Crippen LogP contribution in [0.2, 0.25) is 0 Å². The Morgan fingerprint density at radius 1 is 1.29 bits per heavy atom. The summed E-state index contributed by atoms with van der Waals surface area (Å²) in [7, 11) is 0. The van der Waals surface area contributed by atoms with E-state index in [0.717, 1.165) is 24.6 Å². The number of rotatable bonds is 4. The van der Waals surface area contributed by atoms with Gasteiger partial charge in [-0.1, -0.05) is 24.6 Å². The molecule has 17 heavy (non-hydrogen) atoms. The van der Waals surface area contributed by atoms with Crippen molar-refractivity contribution in [3.05, 3.63) is 41.5 Å². The van der Waals surface area contributed by atoms with Crippen molar-refractivity contribution in [1.29, 1.82) is 0 Å². The largest absolute Gasteiger partial charge is 0.310 e. The van der Waals surface area contributed by atoms with Crippen LogP contribution in [-0.2, 0) is 6.54 Å². The van der Waals surface area contributed by atoms with E-state index in [1.807, 2.05) is 4.68 Å². The van der Waals surface area contributed by atoms with Crippen LogP contribution in [0.15, 0.2) is 24.5 Å². The Morgan fingerprint density at radius 3 is 2.82 bits per heavy atom. The molecular weight excluding hydrogens is 212 g/mol. The number of aromatic nitrogens is 3. The standard InChI is InChI=1S/C13H18N4/c1-4-14-8-13-15-9-16-17(13)12-6-5-10(2)7-11(12)3/h5-7,9,14H,4,8H2,1-3H3. The zero-order valence-electron chi connectivity index (χ0n) is 10.6. The summed E-state index contributed by atoms with van der Waals surface area (Å²) in [6.45, 7) is 7.94. The molecule has 2 aromatic rings. The van der Waals surface area contributed by atoms with Crippen molar-refractivity contribution in [2.45, 2.75) is 27.3 Å². The molecule has 0 saturated carbocycles. The van der Waals surface area contributed by atoms with Crippen LogP contribution < -0.4 is 5.32 Å². The molecule has 90 valence electrons. The third-order valence-electron chi connectivity index (χ3n) is 2.73. The molecular formula is C13H18N4. The third kappa shape index (κ3) is 2.53. The zero-order valence-corrected chi connectivity index (χ0v) is 10.6. The number of aryl methyl sites for hydroxylation is 2. The van der Waals surface area contributed by atoms with E-state index in [2.05, 4.69) is 54.4 Å². The second kappa shape index (κ2) is 5.10. The first-order chi connectivity index (χ1) is 8.22. The molecule has 4 heteroatoms. The molecule has 0 amide bonds. The number of benzene rings is 1. The highest BCUT2D eigenvalue weighted by Gasteiger charge is 2.08. The molecule has 0 atom stereocenters. The molecule has 0 bridgehead atoms. The Kier molecular flexibility index (Phi) is 3.54. The Balaban J connectivity index is 2.35. The zero-order chi connectivity index (χ0) is 12.3. The second-order valence-corrected chi connectivity index (χ2v) is 4.16. The van der Waals surface area contributed by atoms with Crippen molar-refractivity contribution in [1.82, 2.24) is 20.1 Å². The Morgan fingerprint density at radius 2 is 2.12 bits per heavy atom. The summed E-state index contributed by atoms with van der Waals surface area (Å²) in [5, 5.41) is 7.56. The number of hydrogen-bond donors (Lipinski definition) is 1.